The van der Waals surface area contributed by atoms with Crippen LogP contribution >= 0.6 is 23.4 Å². The molecule has 0 atom stereocenters. The van der Waals surface area contributed by atoms with Crippen LogP contribution in [0.3, 0.4) is 0 Å². The molecule has 1 fully saturated rings. The summed E-state index contributed by atoms with van der Waals surface area (Å²) in [5.41, 5.74) is 2.61. The van der Waals surface area contributed by atoms with E-state index in [0.717, 1.165) is 43.2 Å². The molecular formula is C20H19ClN4O3S. The van der Waals surface area contributed by atoms with Crippen LogP contribution in [-0.4, -0.2) is 48.2 Å². The summed E-state index contributed by atoms with van der Waals surface area (Å²) in [4.78, 5) is 14.5. The van der Waals surface area contributed by atoms with Crippen molar-refractivity contribution in [3.8, 4) is 11.5 Å². The number of aromatic nitrogens is 2. The first-order valence-electron chi connectivity index (χ1n) is 9.12. The smallest absolute Gasteiger partial charge is 0.277 e. The van der Waals surface area contributed by atoms with Crippen LogP contribution in [0.4, 0.5) is 11.4 Å². The molecule has 0 radical (unpaired) electrons. The second kappa shape index (κ2) is 9.30. The van der Waals surface area contributed by atoms with Gasteiger partial charge < -0.3 is 19.4 Å². The van der Waals surface area contributed by atoms with Crippen molar-refractivity contribution in [2.24, 2.45) is 0 Å². The standard InChI is InChI=1S/C20H19ClN4O3S/c21-15-3-1-2-14(12-15)19-23-24-20(28-19)29-13-18(26)22-16-4-6-17(7-5-16)25-8-10-27-11-9-25/h1-7,12H,8-11,13H2,(H,22,26). The predicted octanol–water partition coefficient (Wildman–Crippen LogP) is 3.96. The maximum absolute atomic E-state index is 12.2. The minimum Gasteiger partial charge on any atom is -0.411 e. The summed E-state index contributed by atoms with van der Waals surface area (Å²) >= 11 is 7.16. The zero-order chi connectivity index (χ0) is 20.1. The highest BCUT2D eigenvalue weighted by atomic mass is 35.5. The number of benzene rings is 2. The molecule has 3 aromatic rings. The SMILES string of the molecule is O=C(CSc1nnc(-c2cccc(Cl)c2)o1)Nc1ccc(N2CCOCC2)cc1. The van der Waals surface area contributed by atoms with E-state index in [4.69, 9.17) is 20.8 Å². The van der Waals surface area contributed by atoms with Crippen LogP contribution in [0.15, 0.2) is 58.2 Å². The summed E-state index contributed by atoms with van der Waals surface area (Å²) in [6.45, 7) is 3.24. The zero-order valence-corrected chi connectivity index (χ0v) is 17.1. The Kier molecular flexibility index (Phi) is 6.33. The molecule has 1 N–H and O–H groups in total. The number of nitrogens with one attached hydrogen (secondary N) is 1. The number of nitrogens with zero attached hydrogens (tertiary/aromatic N) is 3. The van der Waals surface area contributed by atoms with E-state index in [-0.39, 0.29) is 11.7 Å². The number of morpholine rings is 1. The molecule has 1 aliphatic rings. The number of carbonyl (C=O) groups excluding carboxylic acids is 1. The van der Waals surface area contributed by atoms with E-state index in [2.05, 4.69) is 20.4 Å². The van der Waals surface area contributed by atoms with Crippen molar-refractivity contribution in [2.75, 3.05) is 42.3 Å². The first-order valence-corrected chi connectivity index (χ1v) is 10.5. The maximum atomic E-state index is 12.2. The van der Waals surface area contributed by atoms with Crippen LogP contribution in [0.25, 0.3) is 11.5 Å². The lowest BCUT2D eigenvalue weighted by Crippen LogP contribution is -2.36. The Labute approximate surface area is 177 Å². The number of thioether (sulfide) groups is 1. The first-order chi connectivity index (χ1) is 14.2. The zero-order valence-electron chi connectivity index (χ0n) is 15.5. The lowest BCUT2D eigenvalue weighted by molar-refractivity contribution is -0.113. The number of ether oxygens (including phenoxy) is 1. The summed E-state index contributed by atoms with van der Waals surface area (Å²) < 4.78 is 11.0. The summed E-state index contributed by atoms with van der Waals surface area (Å²) in [6, 6.07) is 15.0. The quantitative estimate of drug-likeness (QED) is 0.593. The maximum Gasteiger partial charge on any atom is 0.277 e. The monoisotopic (exact) mass is 430 g/mol. The van der Waals surface area contributed by atoms with Crippen molar-refractivity contribution in [3.05, 3.63) is 53.6 Å². The van der Waals surface area contributed by atoms with Crippen LogP contribution < -0.4 is 10.2 Å². The molecule has 0 bridgehead atoms. The Bertz CT molecular complexity index is 974. The summed E-state index contributed by atoms with van der Waals surface area (Å²) in [7, 11) is 0. The summed E-state index contributed by atoms with van der Waals surface area (Å²) in [6.07, 6.45) is 0. The van der Waals surface area contributed by atoms with Gasteiger partial charge in [0.1, 0.15) is 0 Å². The van der Waals surface area contributed by atoms with Crippen molar-refractivity contribution in [1.29, 1.82) is 0 Å². The largest absolute Gasteiger partial charge is 0.411 e. The van der Waals surface area contributed by atoms with Gasteiger partial charge in [0.25, 0.3) is 5.22 Å². The molecule has 9 heteroatoms. The predicted molar refractivity (Wildman–Crippen MR) is 114 cm³/mol. The van der Waals surface area contributed by atoms with Gasteiger partial charge in [0.05, 0.1) is 19.0 Å². The second-order valence-electron chi connectivity index (χ2n) is 6.37. The van der Waals surface area contributed by atoms with Gasteiger partial charge in [-0.1, -0.05) is 29.4 Å². The number of amides is 1. The fourth-order valence-corrected chi connectivity index (χ4v) is 3.66. The fraction of sp³-hybridized carbons (Fsp3) is 0.250. The first kappa shape index (κ1) is 19.8. The van der Waals surface area contributed by atoms with E-state index in [1.165, 1.54) is 11.8 Å². The minimum atomic E-state index is -0.142. The van der Waals surface area contributed by atoms with E-state index >= 15 is 0 Å². The van der Waals surface area contributed by atoms with Gasteiger partial charge in [0.2, 0.25) is 11.8 Å². The van der Waals surface area contributed by atoms with Crippen molar-refractivity contribution in [3.63, 3.8) is 0 Å². The van der Waals surface area contributed by atoms with Gasteiger partial charge >= 0.3 is 0 Å². The summed E-state index contributed by atoms with van der Waals surface area (Å²) in [5.74, 6) is 0.397. The van der Waals surface area contributed by atoms with Gasteiger partial charge in [-0.2, -0.15) is 0 Å². The van der Waals surface area contributed by atoms with E-state index in [1.807, 2.05) is 36.4 Å². The Hall–Kier alpha value is -2.55. The second-order valence-corrected chi connectivity index (χ2v) is 7.73. The van der Waals surface area contributed by atoms with Gasteiger partial charge in [-0.15, -0.1) is 10.2 Å². The fourth-order valence-electron chi connectivity index (χ4n) is 2.91. The molecule has 1 saturated heterocycles. The van der Waals surface area contributed by atoms with Crippen LogP contribution in [0, 0.1) is 0 Å². The molecule has 1 aromatic heterocycles. The highest BCUT2D eigenvalue weighted by molar-refractivity contribution is 7.99. The topological polar surface area (TPSA) is 80.5 Å². The average Bonchev–Trinajstić information content (AvgIpc) is 3.23. The number of rotatable bonds is 6. The highest BCUT2D eigenvalue weighted by Crippen LogP contribution is 2.25. The molecular weight excluding hydrogens is 412 g/mol. The van der Waals surface area contributed by atoms with Crippen molar-refractivity contribution in [1.82, 2.24) is 10.2 Å². The van der Waals surface area contributed by atoms with Gasteiger partial charge in [-0.05, 0) is 42.5 Å². The highest BCUT2D eigenvalue weighted by Gasteiger charge is 2.13. The van der Waals surface area contributed by atoms with Crippen molar-refractivity contribution >= 4 is 40.6 Å². The lowest BCUT2D eigenvalue weighted by Gasteiger charge is -2.28. The molecule has 0 aliphatic carbocycles. The molecule has 7 nitrogen and oxygen atoms in total. The molecule has 29 heavy (non-hydrogen) atoms. The van der Waals surface area contributed by atoms with Crippen LogP contribution in [-0.2, 0) is 9.53 Å². The van der Waals surface area contributed by atoms with Gasteiger partial charge in [0, 0.05) is 35.1 Å². The number of carbonyl (C=O) groups is 1. The van der Waals surface area contributed by atoms with Gasteiger partial charge in [0.15, 0.2) is 0 Å². The normalized spacial score (nSPS) is 14.0. The molecule has 0 saturated carbocycles. The molecule has 0 unspecified atom stereocenters. The number of hydrogen-bond donors (Lipinski definition) is 1. The molecule has 150 valence electrons. The third-order valence-electron chi connectivity index (χ3n) is 4.33. The summed E-state index contributed by atoms with van der Waals surface area (Å²) in [5, 5.41) is 11.8. The Morgan fingerprint density at radius 3 is 2.69 bits per heavy atom. The van der Waals surface area contributed by atoms with Crippen LogP contribution in [0.2, 0.25) is 5.02 Å². The Morgan fingerprint density at radius 2 is 1.93 bits per heavy atom. The third kappa shape index (κ3) is 5.29. The van der Waals surface area contributed by atoms with Gasteiger partial charge in [-0.25, -0.2) is 0 Å². The van der Waals surface area contributed by atoms with E-state index in [1.54, 1.807) is 12.1 Å². The molecule has 0 spiro atoms. The van der Waals surface area contributed by atoms with Gasteiger partial charge in [-0.3, -0.25) is 4.79 Å². The van der Waals surface area contributed by atoms with E-state index in [0.29, 0.717) is 16.1 Å². The van der Waals surface area contributed by atoms with Crippen LogP contribution in [0.5, 0.6) is 0 Å². The molecule has 2 aromatic carbocycles. The number of hydrogen-bond acceptors (Lipinski definition) is 7. The van der Waals surface area contributed by atoms with E-state index in [9.17, 15) is 4.79 Å². The molecule has 4 rings (SSSR count). The molecule has 1 aliphatic heterocycles. The Morgan fingerprint density at radius 1 is 1.14 bits per heavy atom. The Balaban J connectivity index is 1.29. The lowest BCUT2D eigenvalue weighted by atomic mass is 10.2. The molecule has 1 amide bonds. The van der Waals surface area contributed by atoms with Crippen LogP contribution in [0.1, 0.15) is 0 Å². The van der Waals surface area contributed by atoms with Crippen molar-refractivity contribution < 1.29 is 13.9 Å². The average molecular weight is 431 g/mol. The minimum absolute atomic E-state index is 0.142. The number of anilines is 2. The number of halogens is 1. The molecule has 2 heterocycles. The third-order valence-corrected chi connectivity index (χ3v) is 5.39. The van der Waals surface area contributed by atoms with Crippen molar-refractivity contribution in [2.45, 2.75) is 5.22 Å². The van der Waals surface area contributed by atoms with E-state index < -0.39 is 0 Å².